The average molecular weight is 335 g/mol. The molecule has 2 fully saturated rings. The van der Waals surface area contributed by atoms with E-state index in [2.05, 4.69) is 13.8 Å². The molecule has 0 aromatic carbocycles. The highest BCUT2D eigenvalue weighted by Gasteiger charge is 2.44. The largest absolute Gasteiger partial charge is 0.381 e. The lowest BCUT2D eigenvalue weighted by molar-refractivity contribution is 0.0109. The average Bonchev–Trinajstić information content (AvgIpc) is 2.55. The van der Waals surface area contributed by atoms with Gasteiger partial charge in [-0.2, -0.15) is 0 Å². The van der Waals surface area contributed by atoms with Crippen LogP contribution in [0.1, 0.15) is 65.2 Å². The fourth-order valence-corrected chi connectivity index (χ4v) is 5.85. The van der Waals surface area contributed by atoms with Gasteiger partial charge in [-0.15, -0.1) is 0 Å². The minimum absolute atomic E-state index is 0.220. The molecule has 21 heavy (non-hydrogen) atoms. The van der Waals surface area contributed by atoms with Crippen LogP contribution in [0.2, 0.25) is 0 Å². The van der Waals surface area contributed by atoms with Crippen molar-refractivity contribution in [2.24, 2.45) is 11.8 Å². The molecule has 2 nitrogen and oxygen atoms in total. The second-order valence-electron chi connectivity index (χ2n) is 6.90. The van der Waals surface area contributed by atoms with E-state index in [1.54, 1.807) is 11.0 Å². The van der Waals surface area contributed by atoms with Gasteiger partial charge in [-0.1, -0.05) is 0 Å². The molecule has 0 aromatic heterocycles. The molecule has 0 aliphatic heterocycles. The molecule has 124 valence electrons. The molecule has 1 atom stereocenters. The van der Waals surface area contributed by atoms with Gasteiger partial charge >= 0.3 is 0 Å². The zero-order valence-corrected chi connectivity index (χ0v) is 15.3. The fourth-order valence-electron chi connectivity index (χ4n) is 4.37. The summed E-state index contributed by atoms with van der Waals surface area (Å²) in [7, 11) is 9.84. The first-order valence-electron chi connectivity index (χ1n) is 8.58. The molecule has 2 saturated carbocycles. The molecule has 2 rings (SSSR count). The standard InChI is InChI=1S/C17H31ClO2S/c1-4-20-16-11-7-14(8-12-16)17(2,21-18)13-5-9-15(19-3)10-6-13/h13-16H,4-12H2,1-3H3. The summed E-state index contributed by atoms with van der Waals surface area (Å²) in [6.07, 6.45) is 10.8. The molecule has 0 saturated heterocycles. The molecular weight excluding hydrogens is 304 g/mol. The van der Waals surface area contributed by atoms with Crippen molar-refractivity contribution in [1.29, 1.82) is 0 Å². The van der Waals surface area contributed by atoms with Crippen molar-refractivity contribution in [1.82, 2.24) is 0 Å². The van der Waals surface area contributed by atoms with Crippen molar-refractivity contribution in [2.45, 2.75) is 82.2 Å². The topological polar surface area (TPSA) is 18.5 Å². The van der Waals surface area contributed by atoms with Crippen molar-refractivity contribution in [3.05, 3.63) is 0 Å². The van der Waals surface area contributed by atoms with Crippen LogP contribution in [-0.2, 0) is 9.47 Å². The molecule has 0 radical (unpaired) electrons. The minimum Gasteiger partial charge on any atom is -0.381 e. The van der Waals surface area contributed by atoms with E-state index < -0.39 is 0 Å². The Kier molecular flexibility index (Phi) is 7.18. The predicted octanol–water partition coefficient (Wildman–Crippen LogP) is 5.43. The Morgan fingerprint density at radius 2 is 1.43 bits per heavy atom. The SMILES string of the molecule is CCOC1CCC(C(C)(SCl)C2CCC(OC)CC2)CC1. The van der Waals surface area contributed by atoms with Crippen LogP contribution in [0, 0.1) is 11.8 Å². The lowest BCUT2D eigenvalue weighted by Gasteiger charge is -2.46. The van der Waals surface area contributed by atoms with Crippen LogP contribution >= 0.6 is 21.7 Å². The summed E-state index contributed by atoms with van der Waals surface area (Å²) >= 11 is 0. The van der Waals surface area contributed by atoms with E-state index in [-0.39, 0.29) is 4.75 Å². The summed E-state index contributed by atoms with van der Waals surface area (Å²) in [5, 5.41) is 0. The van der Waals surface area contributed by atoms with E-state index in [0.717, 1.165) is 18.4 Å². The molecule has 4 heteroatoms. The molecular formula is C17H31ClO2S. The van der Waals surface area contributed by atoms with Crippen LogP contribution in [0.25, 0.3) is 0 Å². The van der Waals surface area contributed by atoms with Crippen molar-refractivity contribution >= 4 is 21.7 Å². The van der Waals surface area contributed by atoms with Gasteiger partial charge in [0, 0.05) is 18.5 Å². The third-order valence-electron chi connectivity index (χ3n) is 5.87. The van der Waals surface area contributed by atoms with E-state index in [9.17, 15) is 0 Å². The quantitative estimate of drug-likeness (QED) is 0.645. The van der Waals surface area contributed by atoms with Crippen molar-refractivity contribution in [3.63, 3.8) is 0 Å². The van der Waals surface area contributed by atoms with Gasteiger partial charge in [0.2, 0.25) is 0 Å². The Hall–Kier alpha value is 0.560. The molecule has 2 aliphatic rings. The Balaban J connectivity index is 1.92. The van der Waals surface area contributed by atoms with Crippen LogP contribution in [0.3, 0.4) is 0 Å². The van der Waals surface area contributed by atoms with Gasteiger partial charge < -0.3 is 9.47 Å². The van der Waals surface area contributed by atoms with E-state index in [4.69, 9.17) is 20.2 Å². The second kappa shape index (κ2) is 8.42. The van der Waals surface area contributed by atoms with Gasteiger partial charge in [-0.3, -0.25) is 0 Å². The molecule has 0 spiro atoms. The molecule has 0 aromatic rings. The van der Waals surface area contributed by atoms with E-state index in [1.807, 2.05) is 7.11 Å². The third kappa shape index (κ3) is 4.31. The maximum atomic E-state index is 6.40. The van der Waals surface area contributed by atoms with Gasteiger partial charge in [0.25, 0.3) is 0 Å². The highest BCUT2D eigenvalue weighted by atomic mass is 35.7. The van der Waals surface area contributed by atoms with Crippen molar-refractivity contribution < 1.29 is 9.47 Å². The highest BCUT2D eigenvalue weighted by molar-refractivity contribution is 8.22. The highest BCUT2D eigenvalue weighted by Crippen LogP contribution is 2.52. The van der Waals surface area contributed by atoms with Crippen LogP contribution in [0.15, 0.2) is 0 Å². The normalized spacial score (nSPS) is 37.1. The minimum atomic E-state index is 0.220. The maximum Gasteiger partial charge on any atom is 0.0575 e. The zero-order chi connectivity index (χ0) is 15.3. The Labute approximate surface area is 139 Å². The summed E-state index contributed by atoms with van der Waals surface area (Å²) in [5.41, 5.74) is 0. The zero-order valence-electron chi connectivity index (χ0n) is 13.8. The number of hydrogen-bond donors (Lipinski definition) is 0. The van der Waals surface area contributed by atoms with E-state index in [1.165, 1.54) is 51.4 Å². The van der Waals surface area contributed by atoms with E-state index >= 15 is 0 Å². The summed E-state index contributed by atoms with van der Waals surface area (Å²) < 4.78 is 11.5. The second-order valence-corrected chi connectivity index (χ2v) is 8.40. The maximum absolute atomic E-state index is 6.40. The lowest BCUT2D eigenvalue weighted by Crippen LogP contribution is -2.43. The summed E-state index contributed by atoms with van der Waals surface area (Å²) in [4.78, 5) is 0. The molecule has 0 amide bonds. The van der Waals surface area contributed by atoms with E-state index in [0.29, 0.717) is 12.2 Å². The predicted molar refractivity (Wildman–Crippen MR) is 92.0 cm³/mol. The van der Waals surface area contributed by atoms with Gasteiger partial charge in [-0.05, 0) is 98.7 Å². The van der Waals surface area contributed by atoms with Crippen LogP contribution < -0.4 is 0 Å². The molecule has 0 N–H and O–H groups in total. The summed E-state index contributed by atoms with van der Waals surface area (Å²) in [6.45, 7) is 5.35. The Morgan fingerprint density at radius 1 is 0.952 bits per heavy atom. The van der Waals surface area contributed by atoms with Gasteiger partial charge in [0.15, 0.2) is 0 Å². The van der Waals surface area contributed by atoms with Gasteiger partial charge in [-0.25, -0.2) is 0 Å². The first kappa shape index (κ1) is 17.9. The van der Waals surface area contributed by atoms with Crippen LogP contribution in [0.5, 0.6) is 0 Å². The number of methoxy groups -OCH3 is 1. The van der Waals surface area contributed by atoms with Crippen molar-refractivity contribution in [2.75, 3.05) is 13.7 Å². The monoisotopic (exact) mass is 334 g/mol. The van der Waals surface area contributed by atoms with Crippen LogP contribution in [-0.4, -0.2) is 30.7 Å². The number of ether oxygens (including phenoxy) is 2. The third-order valence-corrected chi connectivity index (χ3v) is 7.87. The Bertz CT molecular complexity index is 299. The Morgan fingerprint density at radius 3 is 1.81 bits per heavy atom. The number of rotatable bonds is 6. The lowest BCUT2D eigenvalue weighted by atomic mass is 9.69. The molecule has 0 heterocycles. The molecule has 0 bridgehead atoms. The van der Waals surface area contributed by atoms with Gasteiger partial charge in [0.1, 0.15) is 0 Å². The smallest absolute Gasteiger partial charge is 0.0575 e. The fraction of sp³-hybridized carbons (Fsp3) is 1.00. The number of halogens is 1. The van der Waals surface area contributed by atoms with Crippen molar-refractivity contribution in [3.8, 4) is 0 Å². The van der Waals surface area contributed by atoms with Crippen LogP contribution in [0.4, 0.5) is 0 Å². The summed E-state index contributed by atoms with van der Waals surface area (Å²) in [6, 6.07) is 0. The number of hydrogen-bond acceptors (Lipinski definition) is 3. The molecule has 2 aliphatic carbocycles. The first-order valence-corrected chi connectivity index (χ1v) is 10.2. The van der Waals surface area contributed by atoms with Gasteiger partial charge in [0.05, 0.1) is 12.2 Å². The molecule has 1 unspecified atom stereocenters. The summed E-state index contributed by atoms with van der Waals surface area (Å²) in [5.74, 6) is 1.47. The first-order chi connectivity index (χ1) is 10.1.